The molecule has 0 bridgehead atoms. The van der Waals surface area contributed by atoms with E-state index in [0.29, 0.717) is 25.0 Å². The Kier molecular flexibility index (Phi) is 24.1. The molecule has 0 unspecified atom stereocenters. The van der Waals surface area contributed by atoms with Gasteiger partial charge in [-0.05, 0) is 128 Å². The number of anilines is 4. The summed E-state index contributed by atoms with van der Waals surface area (Å²) in [6.45, 7) is 13.7. The Labute approximate surface area is 486 Å². The Hall–Kier alpha value is -6.68. The van der Waals surface area contributed by atoms with Crippen LogP contribution in [0.4, 0.5) is 23.5 Å². The number of aromatic nitrogens is 10. The van der Waals surface area contributed by atoms with Crippen LogP contribution in [0.3, 0.4) is 0 Å². The summed E-state index contributed by atoms with van der Waals surface area (Å²) in [4.78, 5) is 36.8. The lowest BCUT2D eigenvalue weighted by Gasteiger charge is -2.29. The minimum atomic E-state index is 0.122. The molecule has 81 heavy (non-hydrogen) atoms. The van der Waals surface area contributed by atoms with Crippen molar-refractivity contribution in [3.63, 3.8) is 0 Å². The van der Waals surface area contributed by atoms with Gasteiger partial charge in [-0.2, -0.15) is 19.9 Å². The Bertz CT molecular complexity index is 3070. The Balaban J connectivity index is 0.000000180. The molecule has 6 aromatic heterocycles. The molecule has 11 rings (SSSR count). The van der Waals surface area contributed by atoms with E-state index in [1.54, 1.807) is 13.1 Å². The number of pyridine rings is 2. The van der Waals surface area contributed by atoms with Gasteiger partial charge in [-0.3, -0.25) is 9.97 Å². The van der Waals surface area contributed by atoms with E-state index < -0.39 is 0 Å². The van der Waals surface area contributed by atoms with Crippen LogP contribution in [0.1, 0.15) is 141 Å². The van der Waals surface area contributed by atoms with Gasteiger partial charge in [0, 0.05) is 96.2 Å². The van der Waals surface area contributed by atoms with Crippen LogP contribution in [0.2, 0.25) is 0 Å². The first kappa shape index (κ1) is 61.9. The monoisotopic (exact) mass is 1170 g/mol. The first-order valence-corrected chi connectivity index (χ1v) is 29.8. The summed E-state index contributed by atoms with van der Waals surface area (Å²) in [6.07, 6.45) is 21.0. The van der Waals surface area contributed by atoms with Gasteiger partial charge in [-0.15, -0.1) is 0 Å². The molecule has 6 atom stereocenters. The third-order valence-corrected chi connectivity index (χ3v) is 15.2. The molecule has 0 radical (unpaired) electrons. The summed E-state index contributed by atoms with van der Waals surface area (Å²) < 4.78 is 5.22. The molecule has 0 saturated heterocycles. The maximum atomic E-state index is 7.57. The van der Waals surface area contributed by atoms with Crippen molar-refractivity contribution in [3.05, 3.63) is 131 Å². The molecule has 2 aromatic carbocycles. The number of nitrogens with two attached hydrogens (primary N) is 4. The molecule has 3 fully saturated rings. The summed E-state index contributed by atoms with van der Waals surface area (Å²) >= 11 is 3.48. The van der Waals surface area contributed by atoms with Gasteiger partial charge >= 0.3 is 0 Å². The normalized spacial score (nSPS) is 19.6. The van der Waals surface area contributed by atoms with E-state index in [-0.39, 0.29) is 54.9 Å². The first-order chi connectivity index (χ1) is 39.2. The van der Waals surface area contributed by atoms with Crippen molar-refractivity contribution in [1.29, 1.82) is 0 Å². The number of rotatable bonds is 13. The fourth-order valence-electron chi connectivity index (χ4n) is 9.91. The predicted octanol–water partition coefficient (Wildman–Crippen LogP) is 10.8. The summed E-state index contributed by atoms with van der Waals surface area (Å²) in [5.74, 6) is 2.68. The highest BCUT2D eigenvalue weighted by Gasteiger charge is 2.26. The third kappa shape index (κ3) is 18.4. The number of aryl methyl sites for hydroxylation is 1. The molecule has 13 N–H and O–H groups in total. The van der Waals surface area contributed by atoms with E-state index >= 15 is 0 Å². The second-order valence-electron chi connectivity index (χ2n) is 21.7. The van der Waals surface area contributed by atoms with Gasteiger partial charge in [-0.1, -0.05) is 103 Å². The van der Waals surface area contributed by atoms with Crippen LogP contribution in [0.25, 0.3) is 33.6 Å². The fourth-order valence-corrected chi connectivity index (χ4v) is 10.2. The van der Waals surface area contributed by atoms with Crippen molar-refractivity contribution in [3.8, 4) is 11.3 Å². The number of benzene rings is 2. The number of nitrogens with one attached hydrogen (secondary N) is 4. The molecule has 0 amide bonds. The summed E-state index contributed by atoms with van der Waals surface area (Å²) in [5.41, 5.74) is 32.7. The van der Waals surface area contributed by atoms with Crippen molar-refractivity contribution in [2.45, 2.75) is 180 Å². The maximum absolute atomic E-state index is 7.57. The van der Waals surface area contributed by atoms with E-state index in [9.17, 15) is 0 Å². The molecule has 3 aliphatic rings. The van der Waals surface area contributed by atoms with Gasteiger partial charge in [0.15, 0.2) is 34.0 Å². The average molecular weight is 1170 g/mol. The molecule has 6 heterocycles. The lowest BCUT2D eigenvalue weighted by molar-refractivity contribution is 0.318. The fraction of sp³-hybridized carbons (Fsp3) is 0.475. The Morgan fingerprint density at radius 2 is 0.963 bits per heavy atom. The van der Waals surface area contributed by atoms with Crippen LogP contribution in [0, 0.1) is 6.92 Å². The van der Waals surface area contributed by atoms with Crippen molar-refractivity contribution in [2.24, 2.45) is 22.9 Å². The van der Waals surface area contributed by atoms with Crippen molar-refractivity contribution < 1.29 is 5.11 Å². The second kappa shape index (κ2) is 31.5. The number of hydrogen-bond acceptors (Lipinski definition) is 17. The SMILES string of the molecule is CC(C)n1cnc2c(NCc3ccc(-c4ccccn4)cc3)nc(N[C@@H]3CCCC[C@@H]3N)nc21.CC(C)n1cnc2c(NCc3ccc(Br)cc3)nc(N[C@@H]3CCCC[C@@H]3N)nc21.CCO.Cc1ccccn1.N[C@@H]1CCCC[C@@H]1N. The molecule has 19 nitrogen and oxygen atoms in total. The Morgan fingerprint density at radius 3 is 1.33 bits per heavy atom. The maximum Gasteiger partial charge on any atom is 0.227 e. The minimum absolute atomic E-state index is 0.122. The van der Waals surface area contributed by atoms with E-state index in [4.69, 9.17) is 48.0 Å². The lowest BCUT2D eigenvalue weighted by atomic mass is 9.91. The predicted molar refractivity (Wildman–Crippen MR) is 334 cm³/mol. The van der Waals surface area contributed by atoms with Crippen molar-refractivity contribution in [2.75, 3.05) is 27.9 Å². The number of hydrogen-bond donors (Lipinski definition) is 9. The molecule has 0 spiro atoms. The largest absolute Gasteiger partial charge is 0.397 e. The average Bonchev–Trinajstić information content (AvgIpc) is 4.24. The van der Waals surface area contributed by atoms with Crippen molar-refractivity contribution in [1.82, 2.24) is 49.0 Å². The summed E-state index contributed by atoms with van der Waals surface area (Å²) in [5, 5.41) is 21.5. The number of aliphatic hydroxyl groups excluding tert-OH is 1. The number of aliphatic hydroxyl groups is 1. The topological polar surface area (TPSA) is 285 Å². The molecule has 3 aliphatic carbocycles. The third-order valence-electron chi connectivity index (χ3n) is 14.7. The zero-order valence-corrected chi connectivity index (χ0v) is 49.8. The number of fused-ring (bicyclic) bond motifs is 2. The van der Waals surface area contributed by atoms with Crippen LogP contribution in [-0.4, -0.2) is 97.0 Å². The second-order valence-corrected chi connectivity index (χ2v) is 22.6. The van der Waals surface area contributed by atoms with Gasteiger partial charge in [-0.25, -0.2) is 9.97 Å². The van der Waals surface area contributed by atoms with Gasteiger partial charge in [0.05, 0.1) is 18.3 Å². The molecule has 8 aromatic rings. The van der Waals surface area contributed by atoms with Crippen LogP contribution in [-0.2, 0) is 13.1 Å². The van der Waals surface area contributed by atoms with Gasteiger partial charge in [0.25, 0.3) is 0 Å². The van der Waals surface area contributed by atoms with E-state index in [0.717, 1.165) is 99.5 Å². The Morgan fingerprint density at radius 1 is 0.543 bits per heavy atom. The highest BCUT2D eigenvalue weighted by molar-refractivity contribution is 9.10. The first-order valence-electron chi connectivity index (χ1n) is 29.0. The van der Waals surface area contributed by atoms with Crippen LogP contribution < -0.4 is 44.2 Å². The van der Waals surface area contributed by atoms with Crippen LogP contribution in [0.5, 0.6) is 0 Å². The number of imidazole rings is 2. The molecular formula is C61H87BrN18O. The summed E-state index contributed by atoms with van der Waals surface area (Å²) in [6, 6.07) is 30.2. The highest BCUT2D eigenvalue weighted by Crippen LogP contribution is 2.29. The zero-order chi connectivity index (χ0) is 57.7. The lowest BCUT2D eigenvalue weighted by Crippen LogP contribution is -2.43. The van der Waals surface area contributed by atoms with Crippen LogP contribution >= 0.6 is 15.9 Å². The van der Waals surface area contributed by atoms with Gasteiger partial charge < -0.3 is 58.4 Å². The molecule has 0 aliphatic heterocycles. The molecule has 3 saturated carbocycles. The number of halogens is 1. The quantitative estimate of drug-likeness (QED) is 0.0519. The van der Waals surface area contributed by atoms with Crippen LogP contribution in [0.15, 0.2) is 114 Å². The highest BCUT2D eigenvalue weighted by atomic mass is 79.9. The van der Waals surface area contributed by atoms with Crippen molar-refractivity contribution >= 4 is 61.8 Å². The minimum Gasteiger partial charge on any atom is -0.397 e. The van der Waals surface area contributed by atoms with Gasteiger partial charge in [0.1, 0.15) is 0 Å². The van der Waals surface area contributed by atoms with E-state index in [1.165, 1.54) is 44.1 Å². The molecule has 20 heteroatoms. The zero-order valence-electron chi connectivity index (χ0n) is 48.2. The molecule has 434 valence electrons. The van der Waals surface area contributed by atoms with Gasteiger partial charge in [0.2, 0.25) is 11.9 Å². The standard InChI is InChI=1S/C26H32N8.C21H28BrN7.C6H14N2.C6H7N.C2H6O/c1-17(2)34-16-30-23-24(32-26(33-25(23)34)31-22-9-4-3-7-20(22)27)29-15-18-10-12-19(13-11-18)21-8-5-6-14-28-21;1-13(2)29-12-25-18-19(24-11-14-7-9-15(22)10-8-14)27-21(28-20(18)29)26-17-6-4-3-5-16(17)23;7-5-3-1-2-4-6(5)8;1-6-4-2-3-5-7-6;1-2-3/h5-6,8,10-14,16-17,20,22H,3-4,7,9,15,27H2,1-2H3,(H2,29,31,32,33);7-10,12-13,16-17H,3-6,11,23H2,1-2H3,(H2,24,26,27,28);5-6H,1-4,7-8H2;2-5H,1H3;3H,2H2,1H3/t20-,22+;16-,17+;5-,6+;;/m00.../s1. The smallest absolute Gasteiger partial charge is 0.227 e. The van der Waals surface area contributed by atoms with E-state index in [1.807, 2.05) is 74.3 Å². The molecular weight excluding hydrogens is 1080 g/mol. The number of nitrogens with zero attached hydrogens (tertiary/aromatic N) is 10. The van der Waals surface area contributed by atoms with E-state index in [2.05, 4.69) is 130 Å². The summed E-state index contributed by atoms with van der Waals surface area (Å²) in [7, 11) is 0.